The number of aromatic nitrogens is 3. The molecule has 5 aromatic rings. The Bertz CT molecular complexity index is 1390. The molecular formula is C27H20FN3. The van der Waals surface area contributed by atoms with Gasteiger partial charge in [-0.15, -0.1) is 0 Å². The van der Waals surface area contributed by atoms with Gasteiger partial charge < -0.3 is 0 Å². The van der Waals surface area contributed by atoms with Crippen LogP contribution < -0.4 is 0 Å². The van der Waals surface area contributed by atoms with Crippen molar-refractivity contribution in [1.29, 1.82) is 0 Å². The molecule has 0 spiro atoms. The highest BCUT2D eigenvalue weighted by molar-refractivity contribution is 5.82. The highest BCUT2D eigenvalue weighted by atomic mass is 19.1. The lowest BCUT2D eigenvalue weighted by Gasteiger charge is -2.11. The lowest BCUT2D eigenvalue weighted by atomic mass is 10.1. The Morgan fingerprint density at radius 1 is 0.710 bits per heavy atom. The molecule has 0 saturated heterocycles. The van der Waals surface area contributed by atoms with E-state index in [1.54, 1.807) is 0 Å². The van der Waals surface area contributed by atoms with Crippen molar-refractivity contribution in [2.75, 3.05) is 0 Å². The van der Waals surface area contributed by atoms with E-state index in [2.05, 4.69) is 41.0 Å². The minimum absolute atomic E-state index is 0.471. The number of halogens is 1. The van der Waals surface area contributed by atoms with Gasteiger partial charge in [0, 0.05) is 29.7 Å². The fourth-order valence-corrected chi connectivity index (χ4v) is 4.44. The number of hydrogen-bond acceptors (Lipinski definition) is 2. The molecule has 31 heavy (non-hydrogen) atoms. The van der Waals surface area contributed by atoms with Gasteiger partial charge in [0.05, 0.1) is 5.69 Å². The van der Waals surface area contributed by atoms with Crippen LogP contribution in [0.2, 0.25) is 0 Å². The van der Waals surface area contributed by atoms with Crippen molar-refractivity contribution < 1.29 is 4.39 Å². The summed E-state index contributed by atoms with van der Waals surface area (Å²) in [7, 11) is 0. The predicted octanol–water partition coefficient (Wildman–Crippen LogP) is 6.19. The number of imidazole rings is 1. The van der Waals surface area contributed by atoms with Crippen LogP contribution in [0.3, 0.4) is 0 Å². The molecule has 0 radical (unpaired) electrons. The fraction of sp³-hybridized carbons (Fsp3) is 0.111. The van der Waals surface area contributed by atoms with Crippen LogP contribution in [0.4, 0.5) is 4.39 Å². The van der Waals surface area contributed by atoms with Crippen LogP contribution >= 0.6 is 0 Å². The smallest absolute Gasteiger partial charge is 0.165 e. The number of alkyl halides is 1. The van der Waals surface area contributed by atoms with Crippen molar-refractivity contribution in [1.82, 2.24) is 14.5 Å². The van der Waals surface area contributed by atoms with Gasteiger partial charge >= 0.3 is 0 Å². The number of hydrogen-bond donors (Lipinski definition) is 0. The zero-order valence-corrected chi connectivity index (χ0v) is 16.9. The van der Waals surface area contributed by atoms with Gasteiger partial charge in [-0.3, -0.25) is 4.57 Å². The Labute approximate surface area is 179 Å². The minimum Gasteiger partial charge on any atom is -0.277 e. The standard InChI is InChI=1S/C27H20FN3/c28-22-15-20-11-12-23(17-21(20)16-22)31-26(19-9-5-2-6-10-19)30-25-14-13-24(29-27(25)31)18-7-3-1-4-8-18/h1-14,17,22H,15-16H2. The summed E-state index contributed by atoms with van der Waals surface area (Å²) in [6, 6.07) is 30.5. The van der Waals surface area contributed by atoms with E-state index in [0.29, 0.717) is 12.8 Å². The van der Waals surface area contributed by atoms with Crippen molar-refractivity contribution in [3.63, 3.8) is 0 Å². The molecule has 0 bridgehead atoms. The second-order valence-corrected chi connectivity index (χ2v) is 8.00. The second-order valence-electron chi connectivity index (χ2n) is 8.00. The van der Waals surface area contributed by atoms with Gasteiger partial charge in [0.1, 0.15) is 17.5 Å². The van der Waals surface area contributed by atoms with E-state index in [1.165, 1.54) is 0 Å². The Morgan fingerprint density at radius 2 is 1.42 bits per heavy atom. The second kappa shape index (κ2) is 7.17. The Balaban J connectivity index is 1.61. The summed E-state index contributed by atoms with van der Waals surface area (Å²) < 4.78 is 16.1. The average Bonchev–Trinajstić information content (AvgIpc) is 3.38. The van der Waals surface area contributed by atoms with Gasteiger partial charge in [0.15, 0.2) is 5.65 Å². The summed E-state index contributed by atoms with van der Waals surface area (Å²) in [5, 5.41) is 0. The molecule has 4 heteroatoms. The van der Waals surface area contributed by atoms with Crippen LogP contribution in [0, 0.1) is 0 Å². The molecule has 0 amide bonds. The molecule has 0 saturated carbocycles. The molecule has 1 unspecified atom stereocenters. The van der Waals surface area contributed by atoms with Gasteiger partial charge in [-0.25, -0.2) is 14.4 Å². The van der Waals surface area contributed by atoms with Gasteiger partial charge in [0.25, 0.3) is 0 Å². The molecule has 3 aromatic carbocycles. The number of nitrogens with zero attached hydrogens (tertiary/aromatic N) is 3. The summed E-state index contributed by atoms with van der Waals surface area (Å²) in [6.07, 6.45) is 0.183. The van der Waals surface area contributed by atoms with E-state index in [9.17, 15) is 4.39 Å². The predicted molar refractivity (Wildman–Crippen MR) is 122 cm³/mol. The van der Waals surface area contributed by atoms with Crippen LogP contribution in [-0.2, 0) is 12.8 Å². The van der Waals surface area contributed by atoms with Crippen LogP contribution in [0.25, 0.3) is 39.5 Å². The first kappa shape index (κ1) is 18.0. The SMILES string of the molecule is FC1Cc2ccc(-n3c(-c4ccccc4)nc4ccc(-c5ccccc5)nc43)cc2C1. The third kappa shape index (κ3) is 3.12. The molecule has 150 valence electrons. The van der Waals surface area contributed by atoms with Crippen LogP contribution in [0.5, 0.6) is 0 Å². The zero-order chi connectivity index (χ0) is 20.8. The minimum atomic E-state index is -0.791. The van der Waals surface area contributed by atoms with Crippen molar-refractivity contribution >= 4 is 11.2 Å². The summed E-state index contributed by atoms with van der Waals surface area (Å²) in [5.74, 6) is 0.836. The lowest BCUT2D eigenvalue weighted by Crippen LogP contribution is -2.00. The molecule has 1 atom stereocenters. The maximum Gasteiger partial charge on any atom is 0.165 e. The summed E-state index contributed by atoms with van der Waals surface area (Å²) in [6.45, 7) is 0. The molecule has 1 aliphatic carbocycles. The Kier molecular flexibility index (Phi) is 4.17. The first-order valence-corrected chi connectivity index (χ1v) is 10.5. The van der Waals surface area contributed by atoms with Crippen LogP contribution in [0.15, 0.2) is 91.0 Å². The summed E-state index contributed by atoms with van der Waals surface area (Å²) in [4.78, 5) is 9.93. The molecule has 1 aliphatic rings. The number of pyridine rings is 1. The van der Waals surface area contributed by atoms with E-state index in [-0.39, 0.29) is 0 Å². The summed E-state index contributed by atoms with van der Waals surface area (Å²) >= 11 is 0. The van der Waals surface area contributed by atoms with E-state index in [1.807, 2.05) is 54.6 Å². The monoisotopic (exact) mass is 405 g/mol. The van der Waals surface area contributed by atoms with E-state index in [0.717, 1.165) is 50.6 Å². The first-order valence-electron chi connectivity index (χ1n) is 10.5. The quantitative estimate of drug-likeness (QED) is 0.358. The van der Waals surface area contributed by atoms with Crippen molar-refractivity contribution in [2.24, 2.45) is 0 Å². The maximum atomic E-state index is 14.0. The third-order valence-electron chi connectivity index (χ3n) is 5.94. The van der Waals surface area contributed by atoms with Gasteiger partial charge in [-0.2, -0.15) is 0 Å². The normalized spacial score (nSPS) is 15.3. The molecule has 2 aromatic heterocycles. The third-order valence-corrected chi connectivity index (χ3v) is 5.94. The molecule has 0 aliphatic heterocycles. The summed E-state index contributed by atoms with van der Waals surface area (Å²) in [5.41, 5.74) is 7.76. The first-order chi connectivity index (χ1) is 15.3. The molecule has 0 fully saturated rings. The van der Waals surface area contributed by atoms with Crippen molar-refractivity contribution in [3.05, 3.63) is 102 Å². The zero-order valence-electron chi connectivity index (χ0n) is 16.9. The Morgan fingerprint density at radius 3 is 2.19 bits per heavy atom. The van der Waals surface area contributed by atoms with E-state index in [4.69, 9.17) is 9.97 Å². The Hall–Kier alpha value is -3.79. The number of benzene rings is 3. The van der Waals surface area contributed by atoms with Crippen molar-refractivity contribution in [2.45, 2.75) is 19.0 Å². The molecular weight excluding hydrogens is 385 g/mol. The highest BCUT2D eigenvalue weighted by Gasteiger charge is 2.23. The molecule has 3 nitrogen and oxygen atoms in total. The highest BCUT2D eigenvalue weighted by Crippen LogP contribution is 2.32. The van der Waals surface area contributed by atoms with Gasteiger partial charge in [0.2, 0.25) is 0 Å². The number of rotatable bonds is 3. The van der Waals surface area contributed by atoms with Crippen LogP contribution in [0.1, 0.15) is 11.1 Å². The number of fused-ring (bicyclic) bond motifs is 2. The molecule has 0 N–H and O–H groups in total. The van der Waals surface area contributed by atoms with Crippen LogP contribution in [-0.4, -0.2) is 20.7 Å². The largest absolute Gasteiger partial charge is 0.277 e. The molecule has 2 heterocycles. The van der Waals surface area contributed by atoms with E-state index >= 15 is 0 Å². The van der Waals surface area contributed by atoms with E-state index < -0.39 is 6.17 Å². The fourth-order valence-electron chi connectivity index (χ4n) is 4.44. The lowest BCUT2D eigenvalue weighted by molar-refractivity contribution is 0.349. The van der Waals surface area contributed by atoms with Gasteiger partial charge in [-0.1, -0.05) is 66.7 Å². The van der Waals surface area contributed by atoms with Gasteiger partial charge in [-0.05, 0) is 35.4 Å². The van der Waals surface area contributed by atoms with Crippen molar-refractivity contribution in [3.8, 4) is 28.3 Å². The topological polar surface area (TPSA) is 30.7 Å². The maximum absolute atomic E-state index is 14.0. The molecule has 6 rings (SSSR count). The average molecular weight is 405 g/mol.